The van der Waals surface area contributed by atoms with Gasteiger partial charge in [0.25, 0.3) is 0 Å². The van der Waals surface area contributed by atoms with E-state index in [2.05, 4.69) is 16.4 Å². The molecule has 0 saturated heterocycles. The highest BCUT2D eigenvalue weighted by Gasteiger charge is 2.13. The van der Waals surface area contributed by atoms with Crippen molar-refractivity contribution in [2.75, 3.05) is 19.2 Å². The van der Waals surface area contributed by atoms with Crippen molar-refractivity contribution in [3.8, 4) is 17.2 Å². The van der Waals surface area contributed by atoms with Gasteiger partial charge in [0.2, 0.25) is 6.79 Å². The van der Waals surface area contributed by atoms with Crippen LogP contribution >= 0.6 is 0 Å². The highest BCUT2D eigenvalue weighted by atomic mass is 16.7. The minimum atomic E-state index is 0.292. The molecule has 0 aliphatic carbocycles. The van der Waals surface area contributed by atoms with Crippen molar-refractivity contribution in [1.29, 1.82) is 0 Å². The number of benzene rings is 2. The van der Waals surface area contributed by atoms with Crippen molar-refractivity contribution in [1.82, 2.24) is 4.98 Å². The molecule has 0 saturated carbocycles. The van der Waals surface area contributed by atoms with E-state index in [0.717, 1.165) is 45.1 Å². The average Bonchev–Trinajstić information content (AvgIpc) is 3.06. The zero-order chi connectivity index (χ0) is 16.5. The molecule has 1 aliphatic rings. The number of hydrogen-bond acceptors (Lipinski definition) is 5. The van der Waals surface area contributed by atoms with Gasteiger partial charge in [-0.1, -0.05) is 18.2 Å². The first-order valence-corrected chi connectivity index (χ1v) is 7.81. The molecular formula is C19H18N2O3. The van der Waals surface area contributed by atoms with Crippen LogP contribution in [0.3, 0.4) is 0 Å². The van der Waals surface area contributed by atoms with E-state index in [1.807, 2.05) is 43.3 Å². The monoisotopic (exact) mass is 322 g/mol. The zero-order valence-corrected chi connectivity index (χ0v) is 13.6. The Kier molecular flexibility index (Phi) is 3.61. The lowest BCUT2D eigenvalue weighted by atomic mass is 10.1. The Morgan fingerprint density at radius 1 is 1.12 bits per heavy atom. The molecule has 2 aromatic carbocycles. The summed E-state index contributed by atoms with van der Waals surface area (Å²) in [6.45, 7) is 2.96. The van der Waals surface area contributed by atoms with Crippen molar-refractivity contribution in [3.05, 3.63) is 53.7 Å². The van der Waals surface area contributed by atoms with Gasteiger partial charge in [-0.25, -0.2) is 4.98 Å². The molecule has 122 valence electrons. The summed E-state index contributed by atoms with van der Waals surface area (Å²) < 4.78 is 16.2. The quantitative estimate of drug-likeness (QED) is 0.789. The van der Waals surface area contributed by atoms with Crippen molar-refractivity contribution < 1.29 is 14.2 Å². The number of ether oxygens (including phenoxy) is 3. The van der Waals surface area contributed by atoms with Crippen molar-refractivity contribution >= 4 is 16.6 Å². The maximum atomic E-state index is 5.43. The molecule has 5 heteroatoms. The highest BCUT2D eigenvalue weighted by molar-refractivity contribution is 5.95. The summed E-state index contributed by atoms with van der Waals surface area (Å²) in [4.78, 5) is 4.61. The molecule has 4 rings (SSSR count). The van der Waals surface area contributed by atoms with Gasteiger partial charge in [0, 0.05) is 23.3 Å². The molecule has 1 aliphatic heterocycles. The molecule has 0 bridgehead atoms. The van der Waals surface area contributed by atoms with Crippen LogP contribution in [0.5, 0.6) is 17.2 Å². The summed E-state index contributed by atoms with van der Waals surface area (Å²) in [6, 6.07) is 14.0. The van der Waals surface area contributed by atoms with Crippen molar-refractivity contribution in [2.45, 2.75) is 13.5 Å². The third-order valence-electron chi connectivity index (χ3n) is 4.07. The Morgan fingerprint density at radius 3 is 2.88 bits per heavy atom. The molecule has 2 heterocycles. The van der Waals surface area contributed by atoms with Crippen LogP contribution in [-0.2, 0) is 6.54 Å². The summed E-state index contributed by atoms with van der Waals surface area (Å²) in [7, 11) is 1.67. The lowest BCUT2D eigenvalue weighted by Crippen LogP contribution is -2.02. The second-order valence-electron chi connectivity index (χ2n) is 5.71. The van der Waals surface area contributed by atoms with Crippen LogP contribution in [0.25, 0.3) is 10.9 Å². The lowest BCUT2D eigenvalue weighted by Gasteiger charge is -2.13. The summed E-state index contributed by atoms with van der Waals surface area (Å²) in [5.74, 6) is 2.38. The Hall–Kier alpha value is -2.95. The number of nitrogens with one attached hydrogen (secondary N) is 1. The normalized spacial score (nSPS) is 12.4. The summed E-state index contributed by atoms with van der Waals surface area (Å²) in [5.41, 5.74) is 3.98. The van der Waals surface area contributed by atoms with E-state index in [1.165, 1.54) is 0 Å². The van der Waals surface area contributed by atoms with Crippen molar-refractivity contribution in [3.63, 3.8) is 0 Å². The Labute approximate surface area is 140 Å². The number of hydrogen-bond donors (Lipinski definition) is 1. The fraction of sp³-hybridized carbons (Fsp3) is 0.211. The molecule has 0 amide bonds. The Morgan fingerprint density at radius 2 is 2.00 bits per heavy atom. The van der Waals surface area contributed by atoms with Crippen LogP contribution in [0, 0.1) is 6.92 Å². The largest absolute Gasteiger partial charge is 0.494 e. The number of pyridine rings is 1. The van der Waals surface area contributed by atoms with E-state index in [4.69, 9.17) is 14.2 Å². The zero-order valence-electron chi connectivity index (χ0n) is 13.6. The molecule has 1 N–H and O–H groups in total. The minimum Gasteiger partial charge on any atom is -0.494 e. The third kappa shape index (κ3) is 2.58. The molecule has 0 radical (unpaired) electrons. The molecule has 3 aromatic rings. The fourth-order valence-electron chi connectivity index (χ4n) is 2.91. The summed E-state index contributed by atoms with van der Waals surface area (Å²) >= 11 is 0. The smallest absolute Gasteiger partial charge is 0.231 e. The maximum absolute atomic E-state index is 5.43. The van der Waals surface area contributed by atoms with Gasteiger partial charge < -0.3 is 19.5 Å². The van der Waals surface area contributed by atoms with Crippen LogP contribution in [-0.4, -0.2) is 18.9 Å². The molecule has 0 unspecified atom stereocenters. The highest BCUT2D eigenvalue weighted by Crippen LogP contribution is 2.33. The van der Waals surface area contributed by atoms with Gasteiger partial charge in [0.1, 0.15) is 11.3 Å². The predicted octanol–water partition coefficient (Wildman–Crippen LogP) is 3.89. The van der Waals surface area contributed by atoms with Crippen molar-refractivity contribution in [2.24, 2.45) is 0 Å². The first-order valence-electron chi connectivity index (χ1n) is 7.81. The standard InChI is InChI=1S/C19H18N2O3/c1-12-8-15(14-4-3-5-17(22-2)19(14)21-12)20-10-13-6-7-16-18(9-13)24-11-23-16/h3-9H,10-11H2,1-2H3,(H,20,21). The molecule has 1 aromatic heterocycles. The first-order chi connectivity index (χ1) is 11.7. The van der Waals surface area contributed by atoms with E-state index in [9.17, 15) is 0 Å². The number of aryl methyl sites for hydroxylation is 1. The average molecular weight is 322 g/mol. The molecule has 0 fully saturated rings. The molecule has 24 heavy (non-hydrogen) atoms. The second kappa shape index (κ2) is 5.92. The van der Waals surface area contributed by atoms with Gasteiger partial charge in [0.05, 0.1) is 7.11 Å². The number of aromatic nitrogens is 1. The van der Waals surface area contributed by atoms with E-state index in [-0.39, 0.29) is 0 Å². The number of fused-ring (bicyclic) bond motifs is 2. The number of para-hydroxylation sites is 1. The molecule has 5 nitrogen and oxygen atoms in total. The number of rotatable bonds is 4. The van der Waals surface area contributed by atoms with Gasteiger partial charge >= 0.3 is 0 Å². The molecule has 0 spiro atoms. The summed E-state index contributed by atoms with van der Waals surface area (Å²) in [6.07, 6.45) is 0. The number of anilines is 1. The van der Waals surface area contributed by atoms with Crippen LogP contribution in [0.15, 0.2) is 42.5 Å². The van der Waals surface area contributed by atoms with E-state index in [1.54, 1.807) is 7.11 Å². The molecular weight excluding hydrogens is 304 g/mol. The van der Waals surface area contributed by atoms with Gasteiger partial charge in [0.15, 0.2) is 11.5 Å². The fourth-order valence-corrected chi connectivity index (χ4v) is 2.91. The Bertz CT molecular complexity index is 908. The molecule has 0 atom stereocenters. The van der Waals surface area contributed by atoms with Crippen LogP contribution in [0.2, 0.25) is 0 Å². The minimum absolute atomic E-state index is 0.292. The Balaban J connectivity index is 1.65. The number of methoxy groups -OCH3 is 1. The SMILES string of the molecule is COc1cccc2c(NCc3ccc4c(c3)OCO4)cc(C)nc12. The van der Waals surface area contributed by atoms with Gasteiger partial charge in [-0.3, -0.25) is 0 Å². The third-order valence-corrected chi connectivity index (χ3v) is 4.07. The van der Waals surface area contributed by atoms with Crippen LogP contribution in [0.1, 0.15) is 11.3 Å². The van der Waals surface area contributed by atoms with E-state index >= 15 is 0 Å². The van der Waals surface area contributed by atoms with Gasteiger partial charge in [-0.05, 0) is 36.8 Å². The number of nitrogens with zero attached hydrogens (tertiary/aromatic N) is 1. The van der Waals surface area contributed by atoms with Crippen LogP contribution in [0.4, 0.5) is 5.69 Å². The van der Waals surface area contributed by atoms with Crippen LogP contribution < -0.4 is 19.5 Å². The van der Waals surface area contributed by atoms with Gasteiger partial charge in [-0.15, -0.1) is 0 Å². The second-order valence-corrected chi connectivity index (χ2v) is 5.71. The maximum Gasteiger partial charge on any atom is 0.231 e. The predicted molar refractivity (Wildman–Crippen MR) is 92.9 cm³/mol. The first kappa shape index (κ1) is 14.6. The topological polar surface area (TPSA) is 52.6 Å². The summed E-state index contributed by atoms with van der Waals surface area (Å²) in [5, 5.41) is 4.54. The van der Waals surface area contributed by atoms with E-state index in [0.29, 0.717) is 13.3 Å². The lowest BCUT2D eigenvalue weighted by molar-refractivity contribution is 0.174. The van der Waals surface area contributed by atoms with Gasteiger partial charge in [-0.2, -0.15) is 0 Å². The van der Waals surface area contributed by atoms with E-state index < -0.39 is 0 Å².